The molecule has 0 nitrogen and oxygen atoms in total. The second kappa shape index (κ2) is 10.2. The maximum atomic E-state index is 4.93. The van der Waals surface area contributed by atoms with E-state index in [2.05, 4.69) is 71.6 Å². The van der Waals surface area contributed by atoms with Crippen LogP contribution in [-0.4, -0.2) is 0 Å². The van der Waals surface area contributed by atoms with Gasteiger partial charge in [-0.2, -0.15) is 0 Å². The quantitative estimate of drug-likeness (QED) is 0.621. The van der Waals surface area contributed by atoms with Crippen LogP contribution in [0.1, 0.15) is 26.7 Å². The van der Waals surface area contributed by atoms with E-state index in [0.717, 1.165) is 0 Å². The fourth-order valence-electron chi connectivity index (χ4n) is 2.43. The Bertz CT molecular complexity index is 217. The van der Waals surface area contributed by atoms with Gasteiger partial charge in [-0.25, -0.2) is 0 Å². The van der Waals surface area contributed by atoms with Gasteiger partial charge in [0.15, 0.2) is 0 Å². The summed E-state index contributed by atoms with van der Waals surface area (Å²) in [6.07, 6.45) is 22.2. The molecule has 3 heteroatoms. The zero-order valence-corrected chi connectivity index (χ0v) is 15.4. The van der Waals surface area contributed by atoms with Gasteiger partial charge in [-0.3, -0.25) is 0 Å². The van der Waals surface area contributed by atoms with E-state index in [4.69, 9.17) is 17.0 Å². The Labute approximate surface area is 139 Å². The topological polar surface area (TPSA) is 0 Å². The minimum absolute atomic E-state index is 0.235. The minimum atomic E-state index is -0.826. The van der Waals surface area contributed by atoms with Crippen molar-refractivity contribution in [3.63, 3.8) is 0 Å². The van der Waals surface area contributed by atoms with Crippen LogP contribution in [0.15, 0.2) is 0 Å². The number of rotatable bonds is 2. The Morgan fingerprint density at radius 1 is 1.05 bits per heavy atom. The van der Waals surface area contributed by atoms with Crippen LogP contribution in [0.3, 0.4) is 0 Å². The standard InChI is InChI=1S/C16H20.2ClH.Zr/c1-16(2,15-12-8-9-13-15)14-10-6-4-3-5-7-11-14;;;/h3-6,8-10,12-14H,7,11H2,1-2H3;2*1H;/q;;;+4/p-2. The van der Waals surface area contributed by atoms with Crippen LogP contribution in [0, 0.1) is 75.0 Å². The molecule has 2 fully saturated rings. The molecule has 2 aliphatic rings. The zero-order valence-electron chi connectivity index (χ0n) is 11.4. The van der Waals surface area contributed by atoms with Gasteiger partial charge in [0.1, 0.15) is 0 Å². The van der Waals surface area contributed by atoms with Gasteiger partial charge >= 0.3 is 37.9 Å². The SMILES string of the molecule is CC(C)([C]1[CH][CH][CH][CH]1)C1[CH][CH][CH][CH][CH]CC1.[Cl][Zr+2][Cl]. The van der Waals surface area contributed by atoms with Crippen molar-refractivity contribution in [2.75, 3.05) is 0 Å². The first-order valence-electron chi connectivity index (χ1n) is 6.48. The van der Waals surface area contributed by atoms with Gasteiger partial charge in [0, 0.05) is 0 Å². The predicted molar refractivity (Wildman–Crippen MR) is 80.2 cm³/mol. The Balaban J connectivity index is 0.000000550. The van der Waals surface area contributed by atoms with E-state index in [-0.39, 0.29) is 5.41 Å². The molecule has 0 aliphatic heterocycles. The first-order chi connectivity index (χ1) is 9.12. The molecule has 0 saturated heterocycles. The first kappa shape index (κ1) is 18.5. The second-order valence-corrected chi connectivity index (χ2v) is 8.89. The Morgan fingerprint density at radius 3 is 2.32 bits per heavy atom. The first-order valence-corrected chi connectivity index (χ1v) is 12.8. The molecule has 100 valence electrons. The Morgan fingerprint density at radius 2 is 1.68 bits per heavy atom. The summed E-state index contributed by atoms with van der Waals surface area (Å²) < 4.78 is 0. The maximum absolute atomic E-state index is 4.93. The van der Waals surface area contributed by atoms with Crippen LogP contribution in [0.5, 0.6) is 0 Å². The third-order valence-electron chi connectivity index (χ3n) is 3.68. The summed E-state index contributed by atoms with van der Waals surface area (Å²) in [6.45, 7) is 4.70. The molecule has 0 heterocycles. The monoisotopic (exact) mass is 372 g/mol. The van der Waals surface area contributed by atoms with Gasteiger partial charge in [0.05, 0.1) is 0 Å². The molecule has 1 unspecified atom stereocenters. The molecule has 19 heavy (non-hydrogen) atoms. The van der Waals surface area contributed by atoms with Crippen molar-refractivity contribution in [2.24, 2.45) is 11.3 Å². The molecule has 2 rings (SSSR count). The van der Waals surface area contributed by atoms with E-state index in [9.17, 15) is 0 Å². The molecule has 1 atom stereocenters. The molecule has 0 bridgehead atoms. The average Bonchev–Trinajstić information content (AvgIpc) is 2.82. The van der Waals surface area contributed by atoms with Crippen molar-refractivity contribution in [2.45, 2.75) is 26.7 Å². The molecule has 0 spiro atoms. The van der Waals surface area contributed by atoms with Gasteiger partial charge in [-0.15, -0.1) is 0 Å². The van der Waals surface area contributed by atoms with Crippen LogP contribution in [0.25, 0.3) is 0 Å². The van der Waals surface area contributed by atoms with Crippen molar-refractivity contribution in [1.82, 2.24) is 0 Å². The summed E-state index contributed by atoms with van der Waals surface area (Å²) in [5.41, 5.74) is 0.235. The third-order valence-corrected chi connectivity index (χ3v) is 3.68. The van der Waals surface area contributed by atoms with Crippen molar-refractivity contribution in [3.05, 3.63) is 63.7 Å². The van der Waals surface area contributed by atoms with E-state index in [1.54, 1.807) is 0 Å². The molecular weight excluding hydrogens is 354 g/mol. The van der Waals surface area contributed by atoms with E-state index in [1.807, 2.05) is 0 Å². The van der Waals surface area contributed by atoms with Gasteiger partial charge in [-0.05, 0) is 87.9 Å². The van der Waals surface area contributed by atoms with Gasteiger partial charge in [0.2, 0.25) is 0 Å². The van der Waals surface area contributed by atoms with Crippen LogP contribution < -0.4 is 0 Å². The molecule has 10 radical (unpaired) electrons. The number of hydrogen-bond donors (Lipinski definition) is 0. The predicted octanol–water partition coefficient (Wildman–Crippen LogP) is 5.23. The van der Waals surface area contributed by atoms with E-state index >= 15 is 0 Å². The molecular formula is C16H20Cl2Zr+2. The van der Waals surface area contributed by atoms with Crippen LogP contribution in [0.2, 0.25) is 0 Å². The fraction of sp³-hybridized carbons (Fsp3) is 0.375. The molecule has 0 amide bonds. The van der Waals surface area contributed by atoms with Crippen LogP contribution in [-0.2, 0) is 20.8 Å². The van der Waals surface area contributed by atoms with Crippen molar-refractivity contribution >= 4 is 17.0 Å². The van der Waals surface area contributed by atoms with E-state index in [0.29, 0.717) is 5.92 Å². The Kier molecular flexibility index (Phi) is 9.97. The summed E-state index contributed by atoms with van der Waals surface area (Å²) in [6, 6.07) is 0. The summed E-state index contributed by atoms with van der Waals surface area (Å²) >= 11 is -0.826. The molecule has 2 aliphatic carbocycles. The second-order valence-electron chi connectivity index (χ2n) is 5.16. The van der Waals surface area contributed by atoms with Crippen molar-refractivity contribution in [1.29, 1.82) is 0 Å². The molecule has 0 aromatic rings. The van der Waals surface area contributed by atoms with Crippen LogP contribution in [0.4, 0.5) is 0 Å². The average molecular weight is 374 g/mol. The Hall–Kier alpha value is 1.46. The summed E-state index contributed by atoms with van der Waals surface area (Å²) in [5, 5.41) is 0. The number of hydrogen-bond acceptors (Lipinski definition) is 0. The molecule has 0 aromatic carbocycles. The molecule has 0 aromatic heterocycles. The van der Waals surface area contributed by atoms with Crippen molar-refractivity contribution < 1.29 is 20.8 Å². The third kappa shape index (κ3) is 6.40. The normalized spacial score (nSPS) is 22.9. The van der Waals surface area contributed by atoms with Gasteiger partial charge < -0.3 is 0 Å². The molecule has 2 saturated carbocycles. The summed E-state index contributed by atoms with van der Waals surface area (Å²) in [7, 11) is 9.87. The summed E-state index contributed by atoms with van der Waals surface area (Å²) in [5.74, 6) is 2.07. The van der Waals surface area contributed by atoms with Gasteiger partial charge in [-0.1, -0.05) is 13.8 Å². The van der Waals surface area contributed by atoms with Crippen molar-refractivity contribution in [3.8, 4) is 0 Å². The van der Waals surface area contributed by atoms with Crippen LogP contribution >= 0.6 is 17.0 Å². The fourth-order valence-corrected chi connectivity index (χ4v) is 2.43. The van der Waals surface area contributed by atoms with E-state index < -0.39 is 20.8 Å². The summed E-state index contributed by atoms with van der Waals surface area (Å²) in [4.78, 5) is 0. The number of halogens is 2. The molecule has 0 N–H and O–H groups in total. The zero-order chi connectivity index (χ0) is 14.1. The van der Waals surface area contributed by atoms with E-state index in [1.165, 1.54) is 18.8 Å². The van der Waals surface area contributed by atoms with Gasteiger partial charge in [0.25, 0.3) is 0 Å².